The number of nitrogens with two attached hydrogens (primary N) is 2. The number of aryl methyl sites for hydroxylation is 1. The monoisotopic (exact) mass is 864 g/mol. The Kier molecular flexibility index (Phi) is 14.1. The lowest BCUT2D eigenvalue weighted by Crippen LogP contribution is -2.46. The molecule has 1 aliphatic rings. The molecule has 1 aliphatic heterocycles. The fourth-order valence-electron chi connectivity index (χ4n) is 6.37. The smallest absolute Gasteiger partial charge is 0.314 e. The van der Waals surface area contributed by atoms with Crippen LogP contribution in [-0.4, -0.2) is 82.1 Å². The molecule has 4 aromatic heterocycles. The zero-order chi connectivity index (χ0) is 40.8. The van der Waals surface area contributed by atoms with Crippen LogP contribution in [0.15, 0.2) is 53.5 Å². The maximum Gasteiger partial charge on any atom is 0.314 e. The first-order valence-corrected chi connectivity index (χ1v) is 27.3. The number of nitrogens with one attached hydrogen (secondary N) is 1. The van der Waals surface area contributed by atoms with E-state index in [0.717, 1.165) is 58.0 Å². The number of benzene rings is 1. The maximum absolute atomic E-state index is 13.5. The van der Waals surface area contributed by atoms with Crippen molar-refractivity contribution in [2.45, 2.75) is 97.6 Å². The molecule has 0 radical (unpaired) electrons. The van der Waals surface area contributed by atoms with Gasteiger partial charge in [-0.1, -0.05) is 76.0 Å². The number of piperidine rings is 1. The largest absolute Gasteiger partial charge is 0.383 e. The fourth-order valence-corrected chi connectivity index (χ4v) is 8.40. The summed E-state index contributed by atoms with van der Waals surface area (Å²) >= 11 is 3.47. The number of hydrogen-bond donors (Lipinski definition) is 3. The van der Waals surface area contributed by atoms with Gasteiger partial charge in [0.1, 0.15) is 25.1 Å². The number of fused-ring (bicyclic) bond motifs is 2. The molecule has 302 valence electrons. The van der Waals surface area contributed by atoms with Crippen molar-refractivity contribution in [1.82, 2.24) is 34.4 Å². The van der Waals surface area contributed by atoms with Crippen molar-refractivity contribution in [3.05, 3.63) is 64.7 Å². The molecule has 2 amide bonds. The van der Waals surface area contributed by atoms with Gasteiger partial charge in [-0.25, -0.2) is 19.3 Å². The molecule has 5 N–H and O–H groups in total. The molecule has 1 fully saturated rings. The van der Waals surface area contributed by atoms with Crippen molar-refractivity contribution in [2.75, 3.05) is 36.5 Å². The summed E-state index contributed by atoms with van der Waals surface area (Å²) < 4.78 is 15.9. The Hall–Kier alpha value is -4.17. The minimum absolute atomic E-state index is 0.134. The average molecular weight is 866 g/mol. The third kappa shape index (κ3) is 11.2. The lowest BCUT2D eigenvalue weighted by molar-refractivity contribution is -0.146. The number of aromatic nitrogens is 6. The Morgan fingerprint density at radius 1 is 0.821 bits per heavy atom. The SMILES string of the molecule is C[Si](C)(C)CCOCn1ncc2c(N)ncc(Br)c21.Cc1ccc(C2CCC(C)CN2C(=O)C(=O)Nc2cnc(N)c3cnn(COCC[Si](C)(C)C)c23)cc1. The van der Waals surface area contributed by atoms with Crippen molar-refractivity contribution in [3.63, 3.8) is 0 Å². The van der Waals surface area contributed by atoms with Crippen LogP contribution in [0.5, 0.6) is 0 Å². The summed E-state index contributed by atoms with van der Waals surface area (Å²) in [5, 5.41) is 12.9. The molecule has 5 aromatic rings. The summed E-state index contributed by atoms with van der Waals surface area (Å²) in [5.41, 5.74) is 16.0. The lowest BCUT2D eigenvalue weighted by atomic mass is 9.89. The Morgan fingerprint density at radius 3 is 1.93 bits per heavy atom. The molecule has 56 heavy (non-hydrogen) atoms. The normalized spacial score (nSPS) is 16.2. The minimum atomic E-state index is -1.23. The van der Waals surface area contributed by atoms with E-state index in [9.17, 15) is 9.59 Å². The van der Waals surface area contributed by atoms with Crippen LogP contribution in [0.4, 0.5) is 17.3 Å². The number of amides is 2. The number of rotatable bonds is 12. The van der Waals surface area contributed by atoms with Gasteiger partial charge in [-0.15, -0.1) is 0 Å². The van der Waals surface area contributed by atoms with Crippen LogP contribution in [-0.2, 0) is 32.5 Å². The molecule has 14 nitrogen and oxygen atoms in total. The number of carbonyl (C=O) groups is 2. The first-order valence-electron chi connectivity index (χ1n) is 19.1. The van der Waals surface area contributed by atoms with E-state index in [1.165, 1.54) is 6.20 Å². The standard InChI is InChI=1S/C27H38N6O3Si.C12H19BrN4OSi/c1-18-6-9-20(10-7-18)23-11-8-19(2)16-32(23)27(35)26(34)31-22-15-29-25(28)21-14-30-33(24(21)22)17-36-12-13-37(3,4)5;1-19(2,3)5-4-18-8-17-11-9(6-16-17)12(14)15-7-10(11)13/h6-7,9-10,14-15,19,23H,8,11-13,16-17H2,1-5H3,(H2,28,29)(H,31,34);6-7H,4-5,8H2,1-3H3,(H2,14,15). The van der Waals surface area contributed by atoms with Gasteiger partial charge in [0.05, 0.1) is 56.6 Å². The topological polar surface area (TPSA) is 181 Å². The third-order valence-electron chi connectivity index (χ3n) is 9.76. The Labute approximate surface area is 339 Å². The third-order valence-corrected chi connectivity index (χ3v) is 13.8. The molecular weight excluding hydrogens is 809 g/mol. The molecular formula is C39H57BrN10O4Si2. The van der Waals surface area contributed by atoms with Crippen LogP contribution in [0.1, 0.15) is 36.9 Å². The van der Waals surface area contributed by atoms with Crippen LogP contribution in [0.3, 0.4) is 0 Å². The van der Waals surface area contributed by atoms with Gasteiger partial charge in [-0.3, -0.25) is 9.59 Å². The van der Waals surface area contributed by atoms with Gasteiger partial charge in [0.15, 0.2) is 0 Å². The number of likely N-dealkylation sites (tertiary alicyclic amines) is 1. The van der Waals surface area contributed by atoms with E-state index in [0.29, 0.717) is 54.0 Å². The predicted octanol–water partition coefficient (Wildman–Crippen LogP) is 7.66. The van der Waals surface area contributed by atoms with Gasteiger partial charge >= 0.3 is 11.8 Å². The van der Waals surface area contributed by atoms with Gasteiger partial charge in [0.25, 0.3) is 0 Å². The summed E-state index contributed by atoms with van der Waals surface area (Å²) in [6.07, 6.45) is 8.32. The highest BCUT2D eigenvalue weighted by Gasteiger charge is 2.34. The molecule has 2 atom stereocenters. The minimum Gasteiger partial charge on any atom is -0.383 e. The summed E-state index contributed by atoms with van der Waals surface area (Å²) in [4.78, 5) is 36.7. The molecule has 0 aliphatic carbocycles. The average Bonchev–Trinajstić information content (AvgIpc) is 3.77. The van der Waals surface area contributed by atoms with Crippen LogP contribution >= 0.6 is 15.9 Å². The second-order valence-corrected chi connectivity index (χ2v) is 29.2. The first-order chi connectivity index (χ1) is 26.4. The molecule has 2 unspecified atom stereocenters. The van der Waals surface area contributed by atoms with Gasteiger partial charge in [0.2, 0.25) is 0 Å². The quantitative estimate of drug-likeness (QED) is 0.0640. The molecule has 0 saturated carbocycles. The second-order valence-electron chi connectivity index (χ2n) is 17.1. The number of nitrogens with zero attached hydrogens (tertiary/aromatic N) is 7. The Bertz CT molecular complexity index is 2130. The van der Waals surface area contributed by atoms with E-state index in [2.05, 4.69) is 87.6 Å². The summed E-state index contributed by atoms with van der Waals surface area (Å²) in [7, 11) is -2.27. The first kappa shape index (κ1) is 43.0. The predicted molar refractivity (Wildman–Crippen MR) is 232 cm³/mol. The highest BCUT2D eigenvalue weighted by atomic mass is 79.9. The molecule has 6 rings (SSSR count). The van der Waals surface area contributed by atoms with E-state index >= 15 is 0 Å². The van der Waals surface area contributed by atoms with Crippen LogP contribution in [0.25, 0.3) is 21.8 Å². The molecule has 0 spiro atoms. The van der Waals surface area contributed by atoms with Gasteiger partial charge < -0.3 is 31.2 Å². The van der Waals surface area contributed by atoms with E-state index < -0.39 is 28.0 Å². The number of ether oxygens (including phenoxy) is 2. The lowest BCUT2D eigenvalue weighted by Gasteiger charge is -2.38. The van der Waals surface area contributed by atoms with Crippen LogP contribution < -0.4 is 16.8 Å². The van der Waals surface area contributed by atoms with E-state index in [4.69, 9.17) is 20.9 Å². The number of anilines is 3. The number of pyridine rings is 2. The maximum atomic E-state index is 13.5. The molecule has 5 heterocycles. The van der Waals surface area contributed by atoms with Gasteiger partial charge in [-0.2, -0.15) is 10.2 Å². The zero-order valence-corrected chi connectivity index (χ0v) is 37.5. The molecule has 17 heteroatoms. The zero-order valence-electron chi connectivity index (χ0n) is 33.9. The number of nitrogen functional groups attached to an aromatic ring is 2. The van der Waals surface area contributed by atoms with Crippen molar-refractivity contribution in [2.24, 2.45) is 5.92 Å². The Morgan fingerprint density at radius 2 is 1.36 bits per heavy atom. The highest BCUT2D eigenvalue weighted by Crippen LogP contribution is 2.34. The Balaban J connectivity index is 0.000000265. The van der Waals surface area contributed by atoms with Crippen LogP contribution in [0.2, 0.25) is 51.4 Å². The van der Waals surface area contributed by atoms with Crippen LogP contribution in [0, 0.1) is 12.8 Å². The van der Waals surface area contributed by atoms with Crippen molar-refractivity contribution in [1.29, 1.82) is 0 Å². The van der Waals surface area contributed by atoms with Crippen molar-refractivity contribution < 1.29 is 19.1 Å². The van der Waals surface area contributed by atoms with E-state index in [1.54, 1.807) is 28.2 Å². The summed E-state index contributed by atoms with van der Waals surface area (Å²) in [6, 6.07) is 10.2. The van der Waals surface area contributed by atoms with Gasteiger partial charge in [-0.05, 0) is 59.3 Å². The molecule has 1 aromatic carbocycles. The molecule has 1 saturated heterocycles. The van der Waals surface area contributed by atoms with E-state index in [-0.39, 0.29) is 12.8 Å². The van der Waals surface area contributed by atoms with Crippen molar-refractivity contribution in [3.8, 4) is 0 Å². The van der Waals surface area contributed by atoms with Gasteiger partial charge in [0, 0.05) is 42.1 Å². The summed E-state index contributed by atoms with van der Waals surface area (Å²) in [6.45, 7) is 20.6. The number of hydrogen-bond acceptors (Lipinski definition) is 10. The van der Waals surface area contributed by atoms with Crippen molar-refractivity contribution >= 4 is 83.0 Å². The van der Waals surface area contributed by atoms with E-state index in [1.807, 2.05) is 35.9 Å². The number of halogens is 1. The highest BCUT2D eigenvalue weighted by molar-refractivity contribution is 9.10. The fraction of sp³-hybridized carbons (Fsp3) is 0.487. The molecule has 0 bridgehead atoms. The summed E-state index contributed by atoms with van der Waals surface area (Å²) in [5.74, 6) is -0.146. The number of carbonyl (C=O) groups excluding carboxylic acids is 2. The second kappa shape index (κ2) is 18.4.